The summed E-state index contributed by atoms with van der Waals surface area (Å²) in [7, 11) is -3.42. The molecule has 0 amide bonds. The second-order valence-electron chi connectivity index (χ2n) is 2.87. The van der Waals surface area contributed by atoms with Crippen LogP contribution in [0.15, 0.2) is 23.1 Å². The molecule has 6 nitrogen and oxygen atoms in total. The third-order valence-corrected chi connectivity index (χ3v) is 3.50. The lowest BCUT2D eigenvalue weighted by Crippen LogP contribution is -2.13. The summed E-state index contributed by atoms with van der Waals surface area (Å²) in [5, 5.41) is 10.4. The van der Waals surface area contributed by atoms with E-state index < -0.39 is 14.9 Å². The summed E-state index contributed by atoms with van der Waals surface area (Å²) in [4.78, 5) is 9.98. The van der Waals surface area contributed by atoms with Gasteiger partial charge in [-0.1, -0.05) is 0 Å². The van der Waals surface area contributed by atoms with E-state index >= 15 is 0 Å². The topological polar surface area (TPSA) is 89.3 Å². The van der Waals surface area contributed by atoms with Crippen LogP contribution in [0, 0.1) is 10.1 Å². The lowest BCUT2D eigenvalue weighted by Gasteiger charge is -1.95. The molecular formula is C7H6N2O4S. The zero-order valence-electron chi connectivity index (χ0n) is 6.93. The van der Waals surface area contributed by atoms with Gasteiger partial charge in [0.2, 0.25) is 10.0 Å². The number of non-ortho nitro benzene ring substituents is 1. The molecule has 0 spiro atoms. The predicted octanol–water partition coefficient (Wildman–Crippen LogP) is 0.387. The van der Waals surface area contributed by atoms with Crippen LogP contribution in [0.1, 0.15) is 5.56 Å². The van der Waals surface area contributed by atoms with Crippen LogP contribution in [-0.4, -0.2) is 13.3 Å². The van der Waals surface area contributed by atoms with E-state index in [0.29, 0.717) is 5.56 Å². The maximum absolute atomic E-state index is 11.3. The van der Waals surface area contributed by atoms with E-state index in [0.717, 1.165) is 0 Å². The monoisotopic (exact) mass is 214 g/mol. The first-order valence-corrected chi connectivity index (χ1v) is 5.26. The minimum atomic E-state index is -3.42. The molecule has 74 valence electrons. The maximum Gasteiger partial charge on any atom is 0.269 e. The summed E-state index contributed by atoms with van der Waals surface area (Å²) < 4.78 is 24.8. The number of fused-ring (bicyclic) bond motifs is 1. The fraction of sp³-hybridized carbons (Fsp3) is 0.143. The molecule has 0 aliphatic carbocycles. The standard InChI is InChI=1S/C7H6N2O4S/c10-9(11)6-1-2-7-5(3-6)4-8-14(7,12)13/h1-3,8H,4H2. The molecule has 0 unspecified atom stereocenters. The molecule has 0 radical (unpaired) electrons. The average Bonchev–Trinajstić information content (AvgIpc) is 2.42. The van der Waals surface area contributed by atoms with Gasteiger partial charge in [0.15, 0.2) is 0 Å². The highest BCUT2D eigenvalue weighted by Crippen LogP contribution is 2.25. The van der Waals surface area contributed by atoms with Crippen LogP contribution in [0.4, 0.5) is 5.69 Å². The van der Waals surface area contributed by atoms with Gasteiger partial charge in [-0.25, -0.2) is 13.1 Å². The molecule has 0 atom stereocenters. The van der Waals surface area contributed by atoms with Crippen molar-refractivity contribution in [3.05, 3.63) is 33.9 Å². The van der Waals surface area contributed by atoms with Crippen molar-refractivity contribution in [1.82, 2.24) is 4.72 Å². The summed E-state index contributed by atoms with van der Waals surface area (Å²) in [5.41, 5.74) is 0.349. The van der Waals surface area contributed by atoms with E-state index in [9.17, 15) is 18.5 Å². The first-order chi connectivity index (χ1) is 6.50. The Kier molecular flexibility index (Phi) is 1.79. The highest BCUT2D eigenvalue weighted by molar-refractivity contribution is 7.89. The Hall–Kier alpha value is -1.47. The molecule has 0 saturated heterocycles. The van der Waals surface area contributed by atoms with Crippen LogP contribution in [0.2, 0.25) is 0 Å². The van der Waals surface area contributed by atoms with E-state index in [2.05, 4.69) is 4.72 Å². The highest BCUT2D eigenvalue weighted by atomic mass is 32.2. The number of rotatable bonds is 1. The number of nitro benzene ring substituents is 1. The molecule has 7 heteroatoms. The smallest absolute Gasteiger partial charge is 0.258 e. The SMILES string of the molecule is O=[N+]([O-])c1ccc2c(c1)CNS2(=O)=O. The largest absolute Gasteiger partial charge is 0.269 e. The third kappa shape index (κ3) is 1.26. The van der Waals surface area contributed by atoms with Crippen molar-refractivity contribution in [2.45, 2.75) is 11.4 Å². The van der Waals surface area contributed by atoms with E-state index in [1.807, 2.05) is 0 Å². The Bertz CT molecular complexity index is 508. The van der Waals surface area contributed by atoms with Crippen LogP contribution in [0.3, 0.4) is 0 Å². The molecule has 14 heavy (non-hydrogen) atoms. The molecule has 1 N–H and O–H groups in total. The molecule has 0 fully saturated rings. The first kappa shape index (κ1) is 9.10. The van der Waals surface area contributed by atoms with Gasteiger partial charge in [0.1, 0.15) is 0 Å². The van der Waals surface area contributed by atoms with Gasteiger partial charge in [0.05, 0.1) is 9.82 Å². The molecule has 1 aromatic carbocycles. The Balaban J connectivity index is 2.61. The molecule has 2 rings (SSSR count). The molecular weight excluding hydrogens is 208 g/mol. The zero-order chi connectivity index (χ0) is 10.3. The highest BCUT2D eigenvalue weighted by Gasteiger charge is 2.26. The number of hydrogen-bond acceptors (Lipinski definition) is 4. The van der Waals surface area contributed by atoms with Crippen LogP contribution in [0.5, 0.6) is 0 Å². The van der Waals surface area contributed by atoms with Crippen molar-refractivity contribution >= 4 is 15.7 Å². The quantitative estimate of drug-likeness (QED) is 0.540. The maximum atomic E-state index is 11.3. The van der Waals surface area contributed by atoms with Gasteiger partial charge in [0.25, 0.3) is 5.69 Å². The minimum Gasteiger partial charge on any atom is -0.258 e. The molecule has 0 aromatic heterocycles. The second kappa shape index (κ2) is 2.76. The number of nitrogens with zero attached hydrogens (tertiary/aromatic N) is 1. The fourth-order valence-electron chi connectivity index (χ4n) is 1.33. The van der Waals surface area contributed by atoms with E-state index in [1.165, 1.54) is 18.2 Å². The minimum absolute atomic E-state index is 0.0948. The molecule has 1 aliphatic heterocycles. The summed E-state index contributed by atoms with van der Waals surface area (Å²) in [6.45, 7) is 0.124. The average molecular weight is 214 g/mol. The van der Waals surface area contributed by atoms with E-state index in [4.69, 9.17) is 0 Å². The van der Waals surface area contributed by atoms with Crippen molar-refractivity contribution in [1.29, 1.82) is 0 Å². The molecule has 1 aliphatic rings. The van der Waals surface area contributed by atoms with Crippen LogP contribution < -0.4 is 4.72 Å². The van der Waals surface area contributed by atoms with Gasteiger partial charge in [-0.2, -0.15) is 0 Å². The number of sulfonamides is 1. The predicted molar refractivity (Wildman–Crippen MR) is 47.1 cm³/mol. The van der Waals surface area contributed by atoms with Crippen molar-refractivity contribution in [3.8, 4) is 0 Å². The number of benzene rings is 1. The van der Waals surface area contributed by atoms with Crippen molar-refractivity contribution in [2.24, 2.45) is 0 Å². The Morgan fingerprint density at radius 3 is 2.79 bits per heavy atom. The third-order valence-electron chi connectivity index (χ3n) is 2.00. The number of nitrogens with one attached hydrogen (secondary N) is 1. The van der Waals surface area contributed by atoms with Crippen molar-refractivity contribution in [2.75, 3.05) is 0 Å². The number of nitro groups is 1. The van der Waals surface area contributed by atoms with Crippen molar-refractivity contribution < 1.29 is 13.3 Å². The second-order valence-corrected chi connectivity index (χ2v) is 4.61. The molecule has 1 aromatic rings. The lowest BCUT2D eigenvalue weighted by molar-refractivity contribution is -0.385. The normalized spacial score (nSPS) is 17.7. The summed E-state index contributed by atoms with van der Waals surface area (Å²) >= 11 is 0. The lowest BCUT2D eigenvalue weighted by atomic mass is 10.2. The summed E-state index contributed by atoms with van der Waals surface area (Å²) in [5.74, 6) is 0. The van der Waals surface area contributed by atoms with Gasteiger partial charge in [-0.05, 0) is 11.6 Å². The van der Waals surface area contributed by atoms with Gasteiger partial charge < -0.3 is 0 Å². The van der Waals surface area contributed by atoms with Crippen LogP contribution in [-0.2, 0) is 16.6 Å². The zero-order valence-corrected chi connectivity index (χ0v) is 7.74. The molecule has 0 bridgehead atoms. The first-order valence-electron chi connectivity index (χ1n) is 3.78. The molecule has 0 saturated carbocycles. The number of hydrogen-bond donors (Lipinski definition) is 1. The van der Waals surface area contributed by atoms with E-state index in [-0.39, 0.29) is 17.1 Å². The van der Waals surface area contributed by atoms with Gasteiger partial charge >= 0.3 is 0 Å². The van der Waals surface area contributed by atoms with Crippen molar-refractivity contribution in [3.63, 3.8) is 0 Å². The van der Waals surface area contributed by atoms with Crippen LogP contribution >= 0.6 is 0 Å². The van der Waals surface area contributed by atoms with Gasteiger partial charge in [-0.3, -0.25) is 10.1 Å². The fourth-order valence-corrected chi connectivity index (χ4v) is 2.55. The molecule has 1 heterocycles. The Labute approximate surface area is 79.8 Å². The Morgan fingerprint density at radius 1 is 1.43 bits per heavy atom. The summed E-state index contributed by atoms with van der Waals surface area (Å²) in [6.07, 6.45) is 0. The summed E-state index contributed by atoms with van der Waals surface area (Å²) in [6, 6.07) is 3.71. The van der Waals surface area contributed by atoms with E-state index in [1.54, 1.807) is 0 Å². The Morgan fingerprint density at radius 2 is 2.14 bits per heavy atom. The van der Waals surface area contributed by atoms with Gasteiger partial charge in [-0.15, -0.1) is 0 Å². The van der Waals surface area contributed by atoms with Gasteiger partial charge in [0, 0.05) is 18.7 Å². The van der Waals surface area contributed by atoms with Crippen LogP contribution in [0.25, 0.3) is 0 Å².